The number of esters is 2. The predicted molar refractivity (Wildman–Crippen MR) is 112 cm³/mol. The largest absolute Gasteiger partial charge is 0.466 e. The van der Waals surface area contributed by atoms with E-state index in [4.69, 9.17) is 9.47 Å². The van der Waals surface area contributed by atoms with E-state index < -0.39 is 0 Å². The molecule has 0 aromatic rings. The van der Waals surface area contributed by atoms with Crippen LogP contribution in [0.4, 0.5) is 0 Å². The highest BCUT2D eigenvalue weighted by Crippen LogP contribution is 2.32. The SMILES string of the molecule is COC(=O)C1=C(NC2CCCCC2)CC(C(=O)OC)=C(NC2CCCCC2)C1.[HH].[HH]. The minimum atomic E-state index is -0.315. The van der Waals surface area contributed by atoms with Crippen LogP contribution in [0.3, 0.4) is 0 Å². The third-order valence-corrected chi connectivity index (χ3v) is 6.27. The summed E-state index contributed by atoms with van der Waals surface area (Å²) in [4.78, 5) is 25.0. The minimum Gasteiger partial charge on any atom is -0.466 e. The number of allylic oxidation sites excluding steroid dienone is 2. The van der Waals surface area contributed by atoms with Gasteiger partial charge < -0.3 is 20.1 Å². The van der Waals surface area contributed by atoms with Crippen molar-refractivity contribution in [1.82, 2.24) is 10.6 Å². The Bertz CT molecular complexity index is 596. The Morgan fingerprint density at radius 3 is 1.39 bits per heavy atom. The van der Waals surface area contributed by atoms with Crippen molar-refractivity contribution in [2.24, 2.45) is 0 Å². The number of carbonyl (C=O) groups is 2. The second-order valence-electron chi connectivity index (χ2n) is 8.21. The Morgan fingerprint density at radius 2 is 1.07 bits per heavy atom. The molecule has 0 amide bonds. The summed E-state index contributed by atoms with van der Waals surface area (Å²) in [6, 6.07) is 0.713. The van der Waals surface area contributed by atoms with E-state index in [9.17, 15) is 9.59 Å². The van der Waals surface area contributed by atoms with Crippen LogP contribution in [0, 0.1) is 0 Å². The molecule has 6 heteroatoms. The molecule has 0 aromatic heterocycles. The molecule has 3 aliphatic carbocycles. The molecule has 0 unspecified atom stereocenters. The van der Waals surface area contributed by atoms with Gasteiger partial charge in [0.05, 0.1) is 25.4 Å². The van der Waals surface area contributed by atoms with Crippen LogP contribution in [0.1, 0.15) is 79.9 Å². The fourth-order valence-electron chi connectivity index (χ4n) is 4.68. The maximum Gasteiger partial charge on any atom is 0.335 e. The number of hydrogen-bond donors (Lipinski definition) is 2. The summed E-state index contributed by atoms with van der Waals surface area (Å²) in [6.07, 6.45) is 12.5. The quantitative estimate of drug-likeness (QED) is 0.664. The van der Waals surface area contributed by atoms with Gasteiger partial charge in [-0.05, 0) is 25.7 Å². The van der Waals surface area contributed by atoms with Crippen LogP contribution in [-0.2, 0) is 19.1 Å². The number of ether oxygens (including phenoxy) is 2. The van der Waals surface area contributed by atoms with Gasteiger partial charge in [-0.15, -0.1) is 0 Å². The molecule has 0 aliphatic heterocycles. The van der Waals surface area contributed by atoms with Crippen molar-refractivity contribution >= 4 is 11.9 Å². The topological polar surface area (TPSA) is 76.7 Å². The van der Waals surface area contributed by atoms with Crippen molar-refractivity contribution in [2.45, 2.75) is 89.1 Å². The molecule has 28 heavy (non-hydrogen) atoms. The zero-order chi connectivity index (χ0) is 19.9. The first-order valence-electron chi connectivity index (χ1n) is 10.8. The van der Waals surface area contributed by atoms with Crippen molar-refractivity contribution in [1.29, 1.82) is 0 Å². The first-order valence-corrected chi connectivity index (χ1v) is 10.8. The Morgan fingerprint density at radius 1 is 0.714 bits per heavy atom. The summed E-state index contributed by atoms with van der Waals surface area (Å²) in [7, 11) is 2.84. The van der Waals surface area contributed by atoms with Crippen LogP contribution in [0.15, 0.2) is 22.5 Å². The lowest BCUT2D eigenvalue weighted by Gasteiger charge is -2.32. The number of carbonyl (C=O) groups excluding carboxylic acids is 2. The number of rotatable bonds is 6. The first-order chi connectivity index (χ1) is 13.6. The van der Waals surface area contributed by atoms with E-state index in [0.29, 0.717) is 36.1 Å². The zero-order valence-corrected chi connectivity index (χ0v) is 17.3. The average Bonchev–Trinajstić information content (AvgIpc) is 2.74. The molecule has 3 rings (SSSR count). The van der Waals surface area contributed by atoms with E-state index >= 15 is 0 Å². The molecule has 0 saturated heterocycles. The molecule has 0 radical (unpaired) electrons. The van der Waals surface area contributed by atoms with Gasteiger partial charge in [0.25, 0.3) is 0 Å². The van der Waals surface area contributed by atoms with Gasteiger partial charge in [0.15, 0.2) is 0 Å². The molecular formula is C22H38N2O4. The second kappa shape index (κ2) is 9.99. The summed E-state index contributed by atoms with van der Waals surface area (Å²) in [5.74, 6) is -0.629. The molecule has 0 aromatic carbocycles. The lowest BCUT2D eigenvalue weighted by Crippen LogP contribution is -2.38. The van der Waals surface area contributed by atoms with Crippen LogP contribution in [0.2, 0.25) is 0 Å². The van der Waals surface area contributed by atoms with Crippen LogP contribution in [-0.4, -0.2) is 38.2 Å². The fraction of sp³-hybridized carbons (Fsp3) is 0.727. The average molecular weight is 395 g/mol. The number of nitrogens with one attached hydrogen (secondary N) is 2. The Hall–Kier alpha value is -1.98. The van der Waals surface area contributed by atoms with Gasteiger partial charge in [-0.1, -0.05) is 38.5 Å². The summed E-state index contributed by atoms with van der Waals surface area (Å²) in [5.41, 5.74) is 2.93. The van der Waals surface area contributed by atoms with Crippen molar-refractivity contribution in [3.63, 3.8) is 0 Å². The number of hydrogen-bond acceptors (Lipinski definition) is 6. The first kappa shape index (κ1) is 20.7. The molecule has 3 aliphatic rings. The zero-order valence-electron chi connectivity index (χ0n) is 17.3. The normalized spacial score (nSPS) is 22.1. The lowest BCUT2D eigenvalue weighted by molar-refractivity contribution is -0.137. The molecule has 160 valence electrons. The van der Waals surface area contributed by atoms with E-state index in [-0.39, 0.29) is 14.8 Å². The van der Waals surface area contributed by atoms with E-state index in [1.807, 2.05) is 0 Å². The van der Waals surface area contributed by atoms with Crippen LogP contribution < -0.4 is 10.6 Å². The van der Waals surface area contributed by atoms with Gasteiger partial charge >= 0.3 is 11.9 Å². The third kappa shape index (κ3) is 5.09. The number of methoxy groups -OCH3 is 2. The van der Waals surface area contributed by atoms with Gasteiger partial charge in [0, 0.05) is 39.2 Å². The highest BCUT2D eigenvalue weighted by molar-refractivity contribution is 5.95. The molecule has 2 fully saturated rings. The predicted octanol–water partition coefficient (Wildman–Crippen LogP) is 3.97. The molecular weight excluding hydrogens is 356 g/mol. The van der Waals surface area contributed by atoms with E-state index in [0.717, 1.165) is 37.1 Å². The van der Waals surface area contributed by atoms with Gasteiger partial charge in [0.2, 0.25) is 0 Å². The van der Waals surface area contributed by atoms with Gasteiger partial charge in [-0.3, -0.25) is 0 Å². The Kier molecular flexibility index (Phi) is 7.40. The lowest BCUT2D eigenvalue weighted by atomic mass is 9.89. The van der Waals surface area contributed by atoms with Crippen LogP contribution in [0.25, 0.3) is 0 Å². The van der Waals surface area contributed by atoms with Crippen molar-refractivity contribution < 1.29 is 21.9 Å². The summed E-state index contributed by atoms with van der Waals surface area (Å²) < 4.78 is 10.1. The molecule has 6 nitrogen and oxygen atoms in total. The van der Waals surface area contributed by atoms with E-state index in [1.165, 1.54) is 52.7 Å². The van der Waals surface area contributed by atoms with E-state index in [1.54, 1.807) is 0 Å². The fourth-order valence-corrected chi connectivity index (χ4v) is 4.68. The molecule has 2 saturated carbocycles. The highest BCUT2D eigenvalue weighted by Gasteiger charge is 2.31. The molecule has 0 spiro atoms. The summed E-state index contributed by atoms with van der Waals surface area (Å²) in [5, 5.41) is 7.13. The third-order valence-electron chi connectivity index (χ3n) is 6.27. The standard InChI is InChI=1S/C22H34N2O4.2H2/c1-27-21(25)17-13-20(24-16-11-7-4-8-12-16)18(22(26)28-2)14-19(17)23-15-9-5-3-6-10-15;;/h15-16,23-24H,3-14H2,1-2H3;2*1H. The molecule has 0 atom stereocenters. The Labute approximate surface area is 171 Å². The van der Waals surface area contributed by atoms with Crippen molar-refractivity contribution in [3.8, 4) is 0 Å². The monoisotopic (exact) mass is 394 g/mol. The maximum atomic E-state index is 12.5. The second-order valence-corrected chi connectivity index (χ2v) is 8.21. The summed E-state index contributed by atoms with van der Waals surface area (Å²) >= 11 is 0. The smallest absolute Gasteiger partial charge is 0.335 e. The molecule has 0 bridgehead atoms. The molecule has 0 heterocycles. The van der Waals surface area contributed by atoms with Gasteiger partial charge in [-0.25, -0.2) is 9.59 Å². The van der Waals surface area contributed by atoms with Crippen LogP contribution in [0.5, 0.6) is 0 Å². The van der Waals surface area contributed by atoms with E-state index in [2.05, 4.69) is 10.6 Å². The van der Waals surface area contributed by atoms with Crippen LogP contribution >= 0.6 is 0 Å². The van der Waals surface area contributed by atoms with Gasteiger partial charge in [-0.2, -0.15) is 0 Å². The highest BCUT2D eigenvalue weighted by atomic mass is 16.5. The van der Waals surface area contributed by atoms with Crippen molar-refractivity contribution in [2.75, 3.05) is 14.2 Å². The van der Waals surface area contributed by atoms with Gasteiger partial charge in [0.1, 0.15) is 0 Å². The molecule has 2 N–H and O–H groups in total. The minimum absolute atomic E-state index is 0. The summed E-state index contributed by atoms with van der Waals surface area (Å²) in [6.45, 7) is 0. The maximum absolute atomic E-state index is 12.5. The Balaban J connectivity index is 0.00000225. The van der Waals surface area contributed by atoms with Crippen molar-refractivity contribution in [3.05, 3.63) is 22.5 Å².